The van der Waals surface area contributed by atoms with Gasteiger partial charge < -0.3 is 5.32 Å². The zero-order valence-electron chi connectivity index (χ0n) is 16.5. The van der Waals surface area contributed by atoms with Crippen molar-refractivity contribution in [2.75, 3.05) is 23.7 Å². The summed E-state index contributed by atoms with van der Waals surface area (Å²) in [5.41, 5.74) is 1.65. The largest absolute Gasteiger partial charge is 0.329 e. The van der Waals surface area contributed by atoms with Gasteiger partial charge in [-0.05, 0) is 42.3 Å². The van der Waals surface area contributed by atoms with Crippen LogP contribution in [0.4, 0.5) is 14.9 Å². The average Bonchev–Trinajstić information content (AvgIpc) is 3.25. The van der Waals surface area contributed by atoms with Crippen LogP contribution < -0.4 is 10.2 Å². The maximum absolute atomic E-state index is 13.4. The molecule has 0 saturated carbocycles. The molecule has 0 bridgehead atoms. The molecule has 158 valence electrons. The molecule has 2 aromatic carbocycles. The predicted molar refractivity (Wildman–Crippen MR) is 118 cm³/mol. The van der Waals surface area contributed by atoms with Crippen molar-refractivity contribution in [1.29, 1.82) is 0 Å². The van der Waals surface area contributed by atoms with Gasteiger partial charge in [-0.3, -0.25) is 19.4 Å². The number of nitrogens with zero attached hydrogens (tertiary/aromatic N) is 3. The SMILES string of the molecule is O=C1CNC(=O)N1CCCSC1=N/C(=C\c2ccccc2)C(=O)N1c1ccc(F)cc1. The van der Waals surface area contributed by atoms with Crippen molar-refractivity contribution in [3.63, 3.8) is 0 Å². The van der Waals surface area contributed by atoms with E-state index in [9.17, 15) is 18.8 Å². The van der Waals surface area contributed by atoms with E-state index in [2.05, 4.69) is 10.3 Å². The van der Waals surface area contributed by atoms with Crippen LogP contribution in [0.5, 0.6) is 0 Å². The summed E-state index contributed by atoms with van der Waals surface area (Å²) in [5.74, 6) is -0.397. The fourth-order valence-electron chi connectivity index (χ4n) is 3.19. The maximum Gasteiger partial charge on any atom is 0.324 e. The zero-order chi connectivity index (χ0) is 21.8. The highest BCUT2D eigenvalue weighted by atomic mass is 32.2. The molecule has 7 nitrogen and oxygen atoms in total. The van der Waals surface area contributed by atoms with Crippen molar-refractivity contribution in [1.82, 2.24) is 10.2 Å². The Hall–Kier alpha value is -3.46. The minimum atomic E-state index is -0.393. The summed E-state index contributed by atoms with van der Waals surface area (Å²) < 4.78 is 13.4. The summed E-state index contributed by atoms with van der Waals surface area (Å²) in [6.45, 7) is 0.321. The van der Waals surface area contributed by atoms with Gasteiger partial charge in [0.05, 0.1) is 12.2 Å². The van der Waals surface area contributed by atoms with Gasteiger partial charge in [0.25, 0.3) is 5.91 Å². The minimum Gasteiger partial charge on any atom is -0.329 e. The fourth-order valence-corrected chi connectivity index (χ4v) is 4.12. The Kier molecular flexibility index (Phi) is 6.13. The Balaban J connectivity index is 1.50. The quantitative estimate of drug-likeness (QED) is 0.427. The summed E-state index contributed by atoms with van der Waals surface area (Å²) in [6.07, 6.45) is 2.26. The van der Waals surface area contributed by atoms with Crippen molar-refractivity contribution >= 4 is 46.5 Å². The molecular weight excluding hydrogens is 419 g/mol. The average molecular weight is 438 g/mol. The van der Waals surface area contributed by atoms with E-state index in [4.69, 9.17) is 0 Å². The third kappa shape index (κ3) is 4.66. The number of nitrogens with one attached hydrogen (secondary N) is 1. The molecule has 4 rings (SSSR count). The summed E-state index contributed by atoms with van der Waals surface area (Å²) in [7, 11) is 0. The topological polar surface area (TPSA) is 82.1 Å². The third-order valence-electron chi connectivity index (χ3n) is 4.71. The Morgan fingerprint density at radius 2 is 1.81 bits per heavy atom. The number of halogens is 1. The molecule has 31 heavy (non-hydrogen) atoms. The highest BCUT2D eigenvalue weighted by Gasteiger charge is 2.32. The number of urea groups is 1. The second-order valence-corrected chi connectivity index (χ2v) is 7.92. The number of anilines is 1. The molecule has 2 heterocycles. The van der Waals surface area contributed by atoms with Crippen molar-refractivity contribution in [3.8, 4) is 0 Å². The van der Waals surface area contributed by atoms with E-state index in [1.807, 2.05) is 30.3 Å². The molecule has 1 saturated heterocycles. The van der Waals surface area contributed by atoms with Crippen molar-refractivity contribution in [2.45, 2.75) is 6.42 Å². The molecule has 1 N–H and O–H groups in total. The summed E-state index contributed by atoms with van der Waals surface area (Å²) in [5, 5.41) is 2.95. The molecule has 0 aromatic heterocycles. The van der Waals surface area contributed by atoms with Crippen molar-refractivity contribution in [2.24, 2.45) is 4.99 Å². The summed E-state index contributed by atoms with van der Waals surface area (Å²) in [4.78, 5) is 43.5. The number of aliphatic imine (C=N–C) groups is 1. The molecule has 4 amide bonds. The number of carbonyl (C=O) groups is 3. The van der Waals surface area contributed by atoms with Crippen LogP contribution in [0.15, 0.2) is 65.3 Å². The van der Waals surface area contributed by atoms with E-state index in [1.165, 1.54) is 45.8 Å². The zero-order valence-corrected chi connectivity index (χ0v) is 17.3. The number of amides is 4. The Labute approximate surface area is 182 Å². The molecule has 2 aliphatic heterocycles. The van der Waals surface area contributed by atoms with Gasteiger partial charge in [0.15, 0.2) is 5.17 Å². The number of rotatable bonds is 6. The maximum atomic E-state index is 13.4. The lowest BCUT2D eigenvalue weighted by Gasteiger charge is -2.18. The molecule has 9 heteroatoms. The monoisotopic (exact) mass is 438 g/mol. The first-order chi connectivity index (χ1) is 15.0. The second kappa shape index (κ2) is 9.13. The van der Waals surface area contributed by atoms with Crippen LogP contribution in [0.1, 0.15) is 12.0 Å². The lowest BCUT2D eigenvalue weighted by Crippen LogP contribution is -2.32. The van der Waals surface area contributed by atoms with E-state index in [0.717, 1.165) is 5.56 Å². The molecule has 2 aliphatic rings. The van der Waals surface area contributed by atoms with E-state index < -0.39 is 5.82 Å². The van der Waals surface area contributed by atoms with Crippen LogP contribution >= 0.6 is 11.8 Å². The molecule has 0 aliphatic carbocycles. The second-order valence-electron chi connectivity index (χ2n) is 6.86. The molecule has 0 radical (unpaired) electrons. The fraction of sp³-hybridized carbons (Fsp3) is 0.182. The number of thioether (sulfide) groups is 1. The number of hydrogen-bond donors (Lipinski definition) is 1. The lowest BCUT2D eigenvalue weighted by molar-refractivity contribution is -0.125. The first kappa shape index (κ1) is 20.8. The Morgan fingerprint density at radius 3 is 2.48 bits per heavy atom. The van der Waals surface area contributed by atoms with Gasteiger partial charge in [-0.2, -0.15) is 0 Å². The van der Waals surface area contributed by atoms with Gasteiger partial charge in [-0.25, -0.2) is 14.2 Å². The Bertz CT molecular complexity index is 1050. The van der Waals surface area contributed by atoms with Gasteiger partial charge in [-0.1, -0.05) is 42.1 Å². The normalized spacial score (nSPS) is 17.5. The molecule has 0 atom stereocenters. The van der Waals surface area contributed by atoms with Crippen molar-refractivity contribution in [3.05, 3.63) is 71.7 Å². The smallest absolute Gasteiger partial charge is 0.324 e. The van der Waals surface area contributed by atoms with Crippen LogP contribution in [-0.2, 0) is 9.59 Å². The summed E-state index contributed by atoms with van der Waals surface area (Å²) >= 11 is 1.35. The van der Waals surface area contributed by atoms with Crippen LogP contribution in [0.3, 0.4) is 0 Å². The van der Waals surface area contributed by atoms with E-state index >= 15 is 0 Å². The Morgan fingerprint density at radius 1 is 1.06 bits per heavy atom. The van der Waals surface area contributed by atoms with E-state index in [-0.39, 0.29) is 30.1 Å². The van der Waals surface area contributed by atoms with E-state index in [1.54, 1.807) is 6.08 Å². The van der Waals surface area contributed by atoms with Gasteiger partial charge in [-0.15, -0.1) is 0 Å². The van der Waals surface area contributed by atoms with Crippen LogP contribution in [-0.4, -0.2) is 46.8 Å². The minimum absolute atomic E-state index is 0.0270. The van der Waals surface area contributed by atoms with Crippen LogP contribution in [0.2, 0.25) is 0 Å². The highest BCUT2D eigenvalue weighted by Crippen LogP contribution is 2.29. The number of benzene rings is 2. The highest BCUT2D eigenvalue weighted by molar-refractivity contribution is 8.14. The number of carbonyl (C=O) groups excluding carboxylic acids is 3. The van der Waals surface area contributed by atoms with Crippen LogP contribution in [0.25, 0.3) is 6.08 Å². The summed E-state index contributed by atoms with van der Waals surface area (Å²) in [6, 6.07) is 14.6. The van der Waals surface area contributed by atoms with E-state index in [0.29, 0.717) is 29.6 Å². The molecule has 2 aromatic rings. The number of amidine groups is 1. The molecule has 1 fully saturated rings. The first-order valence-corrected chi connectivity index (χ1v) is 10.7. The van der Waals surface area contributed by atoms with Gasteiger partial charge in [0.1, 0.15) is 11.5 Å². The number of hydrogen-bond acceptors (Lipinski definition) is 5. The first-order valence-electron chi connectivity index (χ1n) is 9.69. The standard InChI is InChI=1S/C22H19FN4O3S/c23-16-7-9-17(10-8-16)27-20(29)18(13-15-5-2-1-3-6-15)25-22(27)31-12-4-11-26-19(28)14-24-21(26)30/h1-3,5-10,13H,4,11-12,14H2,(H,24,30)/b18-13-. The lowest BCUT2D eigenvalue weighted by atomic mass is 10.2. The van der Waals surface area contributed by atoms with Gasteiger partial charge in [0, 0.05) is 12.3 Å². The molecule has 0 spiro atoms. The van der Waals surface area contributed by atoms with Gasteiger partial charge >= 0.3 is 6.03 Å². The molecular formula is C22H19FN4O3S. The predicted octanol–water partition coefficient (Wildman–Crippen LogP) is 3.24. The molecule has 0 unspecified atom stereocenters. The third-order valence-corrected chi connectivity index (χ3v) is 5.74. The van der Waals surface area contributed by atoms with Gasteiger partial charge in [0.2, 0.25) is 5.91 Å². The van der Waals surface area contributed by atoms with Crippen molar-refractivity contribution < 1.29 is 18.8 Å². The van der Waals surface area contributed by atoms with Crippen LogP contribution in [0, 0.1) is 5.82 Å². The number of imide groups is 1.